The van der Waals surface area contributed by atoms with Gasteiger partial charge in [-0.2, -0.15) is 0 Å². The second-order valence-electron chi connectivity index (χ2n) is 4.79. The zero-order valence-corrected chi connectivity index (χ0v) is 11.9. The first-order valence-corrected chi connectivity index (χ1v) is 7.68. The minimum Gasteiger partial charge on any atom is -0.396 e. The average Bonchev–Trinajstić information content (AvgIpc) is 2.72. The van der Waals surface area contributed by atoms with Crippen LogP contribution in [0.25, 0.3) is 0 Å². The van der Waals surface area contributed by atoms with Gasteiger partial charge in [-0.25, -0.2) is 4.98 Å². The van der Waals surface area contributed by atoms with Crippen LogP contribution in [0.5, 0.6) is 0 Å². The normalized spacial score (nSPS) is 15.9. The second kappa shape index (κ2) is 7.07. The summed E-state index contributed by atoms with van der Waals surface area (Å²) in [4.78, 5) is 8.19. The Bertz CT molecular complexity index is 352. The molecule has 2 rings (SSSR count). The van der Waals surface area contributed by atoms with Crippen LogP contribution in [0.2, 0.25) is 0 Å². The Morgan fingerprint density at radius 3 is 3.00 bits per heavy atom. The topological polar surface area (TPSA) is 48.4 Å². The third kappa shape index (κ3) is 3.67. The molecule has 1 aromatic heterocycles. The first kappa shape index (κ1) is 13.8. The number of hydrogen-bond acceptors (Lipinski definition) is 5. The zero-order valence-electron chi connectivity index (χ0n) is 11.1. The van der Waals surface area contributed by atoms with Crippen molar-refractivity contribution in [3.63, 3.8) is 0 Å². The fraction of sp³-hybridized carbons (Fsp3) is 0.769. The van der Waals surface area contributed by atoms with Crippen molar-refractivity contribution in [2.75, 3.05) is 25.0 Å². The van der Waals surface area contributed by atoms with Crippen LogP contribution in [0, 0.1) is 0 Å². The van der Waals surface area contributed by atoms with Gasteiger partial charge in [0.25, 0.3) is 0 Å². The SMILES string of the molecule is CCNc1ncc(CN(CCCO)C2CCC2)s1. The molecular formula is C13H23N3OS. The summed E-state index contributed by atoms with van der Waals surface area (Å²) in [7, 11) is 0. The first-order valence-electron chi connectivity index (χ1n) is 6.87. The highest BCUT2D eigenvalue weighted by Gasteiger charge is 2.24. The Morgan fingerprint density at radius 1 is 1.56 bits per heavy atom. The molecule has 1 aliphatic rings. The first-order chi connectivity index (χ1) is 8.83. The van der Waals surface area contributed by atoms with Crippen molar-refractivity contribution in [3.8, 4) is 0 Å². The van der Waals surface area contributed by atoms with Gasteiger partial charge in [-0.1, -0.05) is 6.42 Å². The molecule has 4 nitrogen and oxygen atoms in total. The molecule has 1 heterocycles. The van der Waals surface area contributed by atoms with E-state index in [0.717, 1.165) is 37.2 Å². The molecule has 0 atom stereocenters. The van der Waals surface area contributed by atoms with Gasteiger partial charge in [-0.05, 0) is 26.2 Å². The molecule has 18 heavy (non-hydrogen) atoms. The second-order valence-corrected chi connectivity index (χ2v) is 5.91. The predicted molar refractivity (Wildman–Crippen MR) is 76.0 cm³/mol. The average molecular weight is 269 g/mol. The molecule has 0 aliphatic heterocycles. The minimum atomic E-state index is 0.286. The molecule has 5 heteroatoms. The van der Waals surface area contributed by atoms with Crippen LogP contribution >= 0.6 is 11.3 Å². The molecule has 1 aliphatic carbocycles. The maximum Gasteiger partial charge on any atom is 0.182 e. The van der Waals surface area contributed by atoms with E-state index in [9.17, 15) is 0 Å². The van der Waals surface area contributed by atoms with Gasteiger partial charge in [0, 0.05) is 43.4 Å². The van der Waals surface area contributed by atoms with Crippen molar-refractivity contribution in [1.29, 1.82) is 0 Å². The van der Waals surface area contributed by atoms with E-state index < -0.39 is 0 Å². The fourth-order valence-electron chi connectivity index (χ4n) is 2.23. The predicted octanol–water partition coefficient (Wildman–Crippen LogP) is 2.31. The van der Waals surface area contributed by atoms with E-state index in [4.69, 9.17) is 5.11 Å². The van der Waals surface area contributed by atoms with Gasteiger partial charge in [0.1, 0.15) is 0 Å². The van der Waals surface area contributed by atoms with Gasteiger partial charge in [0.15, 0.2) is 5.13 Å². The number of anilines is 1. The lowest BCUT2D eigenvalue weighted by Gasteiger charge is -2.37. The largest absolute Gasteiger partial charge is 0.396 e. The number of rotatable bonds is 8. The van der Waals surface area contributed by atoms with Crippen LogP contribution in [0.15, 0.2) is 6.20 Å². The van der Waals surface area contributed by atoms with Crippen molar-refractivity contribution in [2.45, 2.75) is 45.2 Å². The van der Waals surface area contributed by atoms with Crippen LogP contribution in [0.1, 0.15) is 37.5 Å². The van der Waals surface area contributed by atoms with Gasteiger partial charge in [-0.15, -0.1) is 11.3 Å². The molecule has 0 saturated heterocycles. The van der Waals surface area contributed by atoms with Crippen molar-refractivity contribution in [3.05, 3.63) is 11.1 Å². The summed E-state index contributed by atoms with van der Waals surface area (Å²) >= 11 is 1.74. The van der Waals surface area contributed by atoms with Crippen LogP contribution in [-0.2, 0) is 6.54 Å². The van der Waals surface area contributed by atoms with Crippen LogP contribution < -0.4 is 5.32 Å². The number of thiazole rings is 1. The summed E-state index contributed by atoms with van der Waals surface area (Å²) < 4.78 is 0. The standard InChI is InChI=1S/C13H23N3OS/c1-2-14-13-15-9-12(18-13)10-16(7-4-8-17)11-5-3-6-11/h9,11,17H,2-8,10H2,1H3,(H,14,15). The molecule has 1 saturated carbocycles. The lowest BCUT2D eigenvalue weighted by atomic mass is 9.91. The highest BCUT2D eigenvalue weighted by molar-refractivity contribution is 7.15. The monoisotopic (exact) mass is 269 g/mol. The Morgan fingerprint density at radius 2 is 2.39 bits per heavy atom. The Kier molecular flexibility index (Phi) is 5.41. The van der Waals surface area contributed by atoms with E-state index in [-0.39, 0.29) is 6.61 Å². The highest BCUT2D eigenvalue weighted by atomic mass is 32.1. The molecule has 0 bridgehead atoms. The summed E-state index contributed by atoms with van der Waals surface area (Å²) in [5.41, 5.74) is 0. The number of aromatic nitrogens is 1. The van der Waals surface area contributed by atoms with Gasteiger partial charge >= 0.3 is 0 Å². The van der Waals surface area contributed by atoms with E-state index in [1.54, 1.807) is 11.3 Å². The van der Waals surface area contributed by atoms with E-state index >= 15 is 0 Å². The fourth-order valence-corrected chi connectivity index (χ4v) is 3.14. The molecule has 0 amide bonds. The molecule has 2 N–H and O–H groups in total. The van der Waals surface area contributed by atoms with Crippen molar-refractivity contribution >= 4 is 16.5 Å². The van der Waals surface area contributed by atoms with E-state index in [2.05, 4.69) is 22.1 Å². The molecular weight excluding hydrogens is 246 g/mol. The smallest absolute Gasteiger partial charge is 0.182 e. The van der Waals surface area contributed by atoms with Crippen molar-refractivity contribution < 1.29 is 5.11 Å². The Hall–Kier alpha value is -0.650. The minimum absolute atomic E-state index is 0.286. The molecule has 0 radical (unpaired) electrons. The molecule has 0 aromatic carbocycles. The van der Waals surface area contributed by atoms with Gasteiger partial charge < -0.3 is 10.4 Å². The van der Waals surface area contributed by atoms with Crippen LogP contribution in [0.3, 0.4) is 0 Å². The third-order valence-corrected chi connectivity index (χ3v) is 4.37. The molecule has 102 valence electrons. The van der Waals surface area contributed by atoms with E-state index in [0.29, 0.717) is 0 Å². The summed E-state index contributed by atoms with van der Waals surface area (Å²) in [6.07, 6.45) is 6.82. The van der Waals surface area contributed by atoms with Gasteiger partial charge in [0.05, 0.1) is 0 Å². The number of hydrogen-bond donors (Lipinski definition) is 2. The van der Waals surface area contributed by atoms with Gasteiger partial charge in [0.2, 0.25) is 0 Å². The van der Waals surface area contributed by atoms with E-state index in [1.807, 2.05) is 6.20 Å². The summed E-state index contributed by atoms with van der Waals surface area (Å²) in [6, 6.07) is 0.723. The Labute approximate surface area is 113 Å². The summed E-state index contributed by atoms with van der Waals surface area (Å²) in [5, 5.41) is 13.2. The zero-order chi connectivity index (χ0) is 12.8. The molecule has 1 fully saturated rings. The lowest BCUT2D eigenvalue weighted by molar-refractivity contribution is 0.110. The molecule has 1 aromatic rings. The molecule has 0 unspecified atom stereocenters. The summed E-state index contributed by atoms with van der Waals surface area (Å²) in [6.45, 7) is 5.27. The molecule has 0 spiro atoms. The number of aliphatic hydroxyl groups is 1. The van der Waals surface area contributed by atoms with Crippen molar-refractivity contribution in [1.82, 2.24) is 9.88 Å². The van der Waals surface area contributed by atoms with Gasteiger partial charge in [-0.3, -0.25) is 4.90 Å². The maximum absolute atomic E-state index is 8.98. The quantitative estimate of drug-likeness (QED) is 0.760. The summed E-state index contributed by atoms with van der Waals surface area (Å²) in [5.74, 6) is 0. The third-order valence-electron chi connectivity index (χ3n) is 3.44. The van der Waals surface area contributed by atoms with Crippen LogP contribution in [0.4, 0.5) is 5.13 Å². The highest BCUT2D eigenvalue weighted by Crippen LogP contribution is 2.28. The van der Waals surface area contributed by atoms with Crippen LogP contribution in [-0.4, -0.2) is 40.7 Å². The lowest BCUT2D eigenvalue weighted by Crippen LogP contribution is -2.40. The number of nitrogens with zero attached hydrogens (tertiary/aromatic N) is 2. The Balaban J connectivity index is 1.89. The number of nitrogens with one attached hydrogen (secondary N) is 1. The maximum atomic E-state index is 8.98. The number of aliphatic hydroxyl groups excluding tert-OH is 1. The van der Waals surface area contributed by atoms with Crippen molar-refractivity contribution in [2.24, 2.45) is 0 Å². The van der Waals surface area contributed by atoms with E-state index in [1.165, 1.54) is 24.1 Å².